The van der Waals surface area contributed by atoms with Crippen LogP contribution in [-0.2, 0) is 19.1 Å². The van der Waals surface area contributed by atoms with Crippen LogP contribution in [0.25, 0.3) is 0 Å². The fourth-order valence-corrected chi connectivity index (χ4v) is 2.59. The second-order valence-corrected chi connectivity index (χ2v) is 5.67. The number of hydrogen-bond donors (Lipinski definition) is 0. The van der Waals surface area contributed by atoms with E-state index in [0.29, 0.717) is 19.4 Å². The third-order valence-electron chi connectivity index (χ3n) is 2.57. The molecule has 0 aromatic carbocycles. The van der Waals surface area contributed by atoms with Crippen molar-refractivity contribution >= 4 is 15.9 Å². The van der Waals surface area contributed by atoms with Crippen LogP contribution >= 0.6 is 0 Å². The molecule has 15 heavy (non-hydrogen) atoms. The van der Waals surface area contributed by atoms with Crippen molar-refractivity contribution in [2.45, 2.75) is 31.9 Å². The molecular formula is C9H17NO4S. The van der Waals surface area contributed by atoms with E-state index in [0.717, 1.165) is 6.26 Å². The maximum atomic E-state index is 11.2. The highest BCUT2D eigenvalue weighted by molar-refractivity contribution is 7.86. The Balaban J connectivity index is 2.55. The van der Waals surface area contributed by atoms with Crippen molar-refractivity contribution in [2.24, 2.45) is 0 Å². The van der Waals surface area contributed by atoms with E-state index >= 15 is 0 Å². The maximum Gasteiger partial charge on any atom is 0.264 e. The highest BCUT2D eigenvalue weighted by Crippen LogP contribution is 2.19. The first-order valence-corrected chi connectivity index (χ1v) is 6.70. The topological polar surface area (TPSA) is 63.7 Å². The zero-order valence-corrected chi connectivity index (χ0v) is 10.1. The van der Waals surface area contributed by atoms with Gasteiger partial charge in [-0.1, -0.05) is 0 Å². The molecule has 1 fully saturated rings. The summed E-state index contributed by atoms with van der Waals surface area (Å²) in [5.74, 6) is 0.121. The zero-order chi connectivity index (χ0) is 11.6. The van der Waals surface area contributed by atoms with Gasteiger partial charge in [0.15, 0.2) is 0 Å². The fourth-order valence-electron chi connectivity index (χ4n) is 1.94. The average molecular weight is 235 g/mol. The number of nitrogens with zero attached hydrogens (tertiary/aromatic N) is 1. The Hall–Kier alpha value is -0.460. The van der Waals surface area contributed by atoms with Crippen LogP contribution in [0.2, 0.25) is 0 Å². The van der Waals surface area contributed by atoms with Crippen molar-refractivity contribution in [1.29, 1.82) is 0 Å². The number of carbonyl (C=O) groups is 1. The van der Waals surface area contributed by atoms with Crippen molar-refractivity contribution < 1.29 is 17.4 Å². The SMILES string of the molecule is CC(=O)[C@@H]1CC[C@@H](OS(C)(=O)=O)CN1C. The summed E-state index contributed by atoms with van der Waals surface area (Å²) in [6.07, 6.45) is 2.00. The van der Waals surface area contributed by atoms with E-state index in [1.807, 2.05) is 11.9 Å². The Bertz CT molecular complexity index is 338. The molecule has 0 aliphatic carbocycles. The predicted molar refractivity (Wildman–Crippen MR) is 56.0 cm³/mol. The zero-order valence-electron chi connectivity index (χ0n) is 9.26. The van der Waals surface area contributed by atoms with Crippen LogP contribution < -0.4 is 0 Å². The lowest BCUT2D eigenvalue weighted by atomic mass is 9.98. The van der Waals surface area contributed by atoms with Gasteiger partial charge in [0.1, 0.15) is 5.78 Å². The number of ketones is 1. The number of carbonyl (C=O) groups excluding carboxylic acids is 1. The van der Waals surface area contributed by atoms with Crippen molar-refractivity contribution in [1.82, 2.24) is 4.90 Å². The molecule has 88 valence electrons. The van der Waals surface area contributed by atoms with Crippen LogP contribution in [0.5, 0.6) is 0 Å². The summed E-state index contributed by atoms with van der Waals surface area (Å²) in [6.45, 7) is 2.04. The van der Waals surface area contributed by atoms with Crippen molar-refractivity contribution in [2.75, 3.05) is 19.8 Å². The van der Waals surface area contributed by atoms with Gasteiger partial charge in [0, 0.05) is 6.54 Å². The van der Waals surface area contributed by atoms with Gasteiger partial charge in [0.05, 0.1) is 18.4 Å². The summed E-state index contributed by atoms with van der Waals surface area (Å²) in [5, 5.41) is 0. The molecule has 0 amide bonds. The lowest BCUT2D eigenvalue weighted by Gasteiger charge is -2.34. The maximum absolute atomic E-state index is 11.2. The molecule has 1 heterocycles. The average Bonchev–Trinajstić information content (AvgIpc) is 1.99. The van der Waals surface area contributed by atoms with Gasteiger partial charge < -0.3 is 0 Å². The lowest BCUT2D eigenvalue weighted by molar-refractivity contribution is -0.123. The quantitative estimate of drug-likeness (QED) is 0.645. The van der Waals surface area contributed by atoms with Gasteiger partial charge in [-0.3, -0.25) is 13.9 Å². The molecule has 0 saturated carbocycles. The van der Waals surface area contributed by atoms with E-state index in [1.54, 1.807) is 6.92 Å². The molecule has 1 rings (SSSR count). The van der Waals surface area contributed by atoms with E-state index in [-0.39, 0.29) is 17.9 Å². The van der Waals surface area contributed by atoms with Crippen LogP contribution in [0.1, 0.15) is 19.8 Å². The first kappa shape index (κ1) is 12.6. The van der Waals surface area contributed by atoms with E-state index in [9.17, 15) is 13.2 Å². The monoisotopic (exact) mass is 235 g/mol. The molecule has 2 atom stereocenters. The van der Waals surface area contributed by atoms with Gasteiger partial charge in [-0.25, -0.2) is 0 Å². The second kappa shape index (κ2) is 4.59. The molecule has 0 unspecified atom stereocenters. The van der Waals surface area contributed by atoms with Crippen LogP contribution in [0.3, 0.4) is 0 Å². The molecule has 0 spiro atoms. The number of rotatable bonds is 3. The van der Waals surface area contributed by atoms with Crippen LogP contribution in [0.15, 0.2) is 0 Å². The van der Waals surface area contributed by atoms with E-state index < -0.39 is 10.1 Å². The number of piperidine rings is 1. The first-order chi connectivity index (χ1) is 6.79. The summed E-state index contributed by atoms with van der Waals surface area (Å²) in [7, 11) is -1.59. The number of hydrogen-bond acceptors (Lipinski definition) is 5. The molecule has 5 nitrogen and oxygen atoms in total. The Kier molecular flexibility index (Phi) is 3.86. The van der Waals surface area contributed by atoms with Crippen molar-refractivity contribution in [3.8, 4) is 0 Å². The molecule has 6 heteroatoms. The van der Waals surface area contributed by atoms with Crippen LogP contribution in [-0.4, -0.2) is 51.1 Å². The molecule has 0 radical (unpaired) electrons. The predicted octanol–water partition coefficient (Wildman–Crippen LogP) is 0.0144. The summed E-state index contributed by atoms with van der Waals surface area (Å²) in [4.78, 5) is 13.0. The first-order valence-electron chi connectivity index (χ1n) is 4.88. The minimum atomic E-state index is -3.40. The third-order valence-corrected chi connectivity index (χ3v) is 3.19. The van der Waals surface area contributed by atoms with Crippen LogP contribution in [0.4, 0.5) is 0 Å². The van der Waals surface area contributed by atoms with Gasteiger partial charge in [-0.2, -0.15) is 8.42 Å². The van der Waals surface area contributed by atoms with E-state index in [2.05, 4.69) is 0 Å². The minimum absolute atomic E-state index is 0.0931. The second-order valence-electron chi connectivity index (χ2n) is 4.07. The molecule has 1 saturated heterocycles. The molecule has 1 aliphatic rings. The van der Waals surface area contributed by atoms with E-state index in [4.69, 9.17) is 4.18 Å². The summed E-state index contributed by atoms with van der Waals surface area (Å²) in [5.41, 5.74) is 0. The van der Waals surface area contributed by atoms with Crippen molar-refractivity contribution in [3.63, 3.8) is 0 Å². The Morgan fingerprint density at radius 3 is 2.40 bits per heavy atom. The standard InChI is InChI=1S/C9H17NO4S/c1-7(11)9-5-4-8(6-10(9)2)14-15(3,12)13/h8-9H,4-6H2,1-3H3/t8-,9+/m1/s1. The molecule has 1 aliphatic heterocycles. The largest absolute Gasteiger partial charge is 0.298 e. The Morgan fingerprint density at radius 2 is 2.00 bits per heavy atom. The number of likely N-dealkylation sites (N-methyl/N-ethyl adjacent to an activating group) is 1. The van der Waals surface area contributed by atoms with E-state index in [1.165, 1.54) is 0 Å². The third kappa shape index (κ3) is 3.89. The summed E-state index contributed by atoms with van der Waals surface area (Å²) >= 11 is 0. The van der Waals surface area contributed by atoms with Gasteiger partial charge >= 0.3 is 0 Å². The highest BCUT2D eigenvalue weighted by atomic mass is 32.2. The van der Waals surface area contributed by atoms with Crippen LogP contribution in [0, 0.1) is 0 Å². The highest BCUT2D eigenvalue weighted by Gasteiger charge is 2.30. The van der Waals surface area contributed by atoms with Gasteiger partial charge in [0.2, 0.25) is 0 Å². The normalized spacial score (nSPS) is 29.0. The fraction of sp³-hybridized carbons (Fsp3) is 0.889. The summed E-state index contributed by atoms with van der Waals surface area (Å²) in [6, 6.07) is -0.0931. The van der Waals surface area contributed by atoms with Gasteiger partial charge in [0.25, 0.3) is 10.1 Å². The lowest BCUT2D eigenvalue weighted by Crippen LogP contribution is -2.47. The Labute approximate surface area is 90.5 Å². The smallest absolute Gasteiger partial charge is 0.264 e. The molecule has 0 aromatic rings. The van der Waals surface area contributed by atoms with Gasteiger partial charge in [-0.15, -0.1) is 0 Å². The minimum Gasteiger partial charge on any atom is -0.298 e. The molecular weight excluding hydrogens is 218 g/mol. The molecule has 0 N–H and O–H groups in total. The number of likely N-dealkylation sites (tertiary alicyclic amines) is 1. The van der Waals surface area contributed by atoms with Crippen molar-refractivity contribution in [3.05, 3.63) is 0 Å². The van der Waals surface area contributed by atoms with Gasteiger partial charge in [-0.05, 0) is 26.8 Å². The molecule has 0 aromatic heterocycles. The molecule has 0 bridgehead atoms. The summed E-state index contributed by atoms with van der Waals surface area (Å²) < 4.78 is 26.7. The Morgan fingerprint density at radius 1 is 1.40 bits per heavy atom. The number of Topliss-reactive ketones (excluding diaryl/α,β-unsaturated/α-hetero) is 1.